The molecule has 4 rings (SSSR count). The van der Waals surface area contributed by atoms with Crippen molar-refractivity contribution in [2.24, 2.45) is 0 Å². The van der Waals surface area contributed by atoms with E-state index in [0.29, 0.717) is 13.2 Å². The molecule has 2 aromatic heterocycles. The molecule has 0 bridgehead atoms. The van der Waals surface area contributed by atoms with Crippen LogP contribution >= 0.6 is 0 Å². The van der Waals surface area contributed by atoms with Gasteiger partial charge in [-0.15, -0.1) is 0 Å². The van der Waals surface area contributed by atoms with Crippen LogP contribution in [-0.4, -0.2) is 18.3 Å². The SMILES string of the molecule is CC(C)(C)[Si](C)(C)OCc1ccc(-c2cc3cc(OCc4ccccc4)ccc3[nH]2)nc1. The second kappa shape index (κ2) is 8.92. The lowest BCUT2D eigenvalue weighted by Crippen LogP contribution is -2.40. The molecule has 0 fully saturated rings. The van der Waals surface area contributed by atoms with Crippen LogP contribution in [-0.2, 0) is 17.6 Å². The predicted molar refractivity (Wildman–Crippen MR) is 134 cm³/mol. The van der Waals surface area contributed by atoms with Gasteiger partial charge in [0.2, 0.25) is 0 Å². The monoisotopic (exact) mass is 444 g/mol. The Bertz CT molecular complexity index is 1180. The van der Waals surface area contributed by atoms with Gasteiger partial charge >= 0.3 is 0 Å². The van der Waals surface area contributed by atoms with E-state index in [1.807, 2.05) is 30.5 Å². The minimum absolute atomic E-state index is 0.203. The number of nitrogens with zero attached hydrogens (tertiary/aromatic N) is 1. The fourth-order valence-corrected chi connectivity index (χ4v) is 4.19. The lowest BCUT2D eigenvalue weighted by atomic mass is 10.2. The van der Waals surface area contributed by atoms with Crippen molar-refractivity contribution in [2.45, 2.75) is 52.1 Å². The van der Waals surface area contributed by atoms with E-state index in [1.165, 1.54) is 0 Å². The van der Waals surface area contributed by atoms with Gasteiger partial charge in [0.25, 0.3) is 0 Å². The predicted octanol–water partition coefficient (Wildman–Crippen LogP) is 7.33. The van der Waals surface area contributed by atoms with E-state index in [1.54, 1.807) is 0 Å². The molecule has 0 aliphatic heterocycles. The number of pyridine rings is 1. The van der Waals surface area contributed by atoms with Crippen molar-refractivity contribution in [3.63, 3.8) is 0 Å². The maximum absolute atomic E-state index is 6.32. The number of hydrogen-bond donors (Lipinski definition) is 1. The Balaban J connectivity index is 1.44. The minimum atomic E-state index is -1.77. The number of benzene rings is 2. The van der Waals surface area contributed by atoms with Crippen molar-refractivity contribution in [1.29, 1.82) is 0 Å². The number of fused-ring (bicyclic) bond motifs is 1. The molecule has 2 heterocycles. The van der Waals surface area contributed by atoms with Crippen LogP contribution in [0.5, 0.6) is 5.75 Å². The van der Waals surface area contributed by atoms with Crippen LogP contribution in [0.2, 0.25) is 18.1 Å². The second-order valence-corrected chi connectivity index (χ2v) is 14.6. The Morgan fingerprint density at radius 2 is 1.66 bits per heavy atom. The largest absolute Gasteiger partial charge is 0.489 e. The maximum Gasteiger partial charge on any atom is 0.192 e. The Kier molecular flexibility index (Phi) is 6.22. The van der Waals surface area contributed by atoms with E-state index in [-0.39, 0.29) is 5.04 Å². The smallest absolute Gasteiger partial charge is 0.192 e. The lowest BCUT2D eigenvalue weighted by Gasteiger charge is -2.36. The van der Waals surface area contributed by atoms with Crippen molar-refractivity contribution >= 4 is 19.2 Å². The van der Waals surface area contributed by atoms with Crippen molar-refractivity contribution in [1.82, 2.24) is 9.97 Å². The Morgan fingerprint density at radius 1 is 0.875 bits per heavy atom. The summed E-state index contributed by atoms with van der Waals surface area (Å²) in [6, 6.07) is 22.6. The van der Waals surface area contributed by atoms with E-state index in [9.17, 15) is 0 Å². The van der Waals surface area contributed by atoms with Crippen molar-refractivity contribution < 1.29 is 9.16 Å². The van der Waals surface area contributed by atoms with Gasteiger partial charge in [-0.1, -0.05) is 57.2 Å². The summed E-state index contributed by atoms with van der Waals surface area (Å²) in [4.78, 5) is 8.14. The molecule has 4 aromatic rings. The standard InChI is InChI=1S/C27H32N2O2Si/c1-27(2,3)32(4,5)31-19-21-11-13-25(28-17-21)26-16-22-15-23(12-14-24(22)29-26)30-18-20-9-7-6-8-10-20/h6-17,29H,18-19H2,1-5H3. The highest BCUT2D eigenvalue weighted by Crippen LogP contribution is 2.37. The molecule has 0 aliphatic rings. The number of aromatic amines is 1. The highest BCUT2D eigenvalue weighted by Gasteiger charge is 2.37. The van der Waals surface area contributed by atoms with E-state index in [4.69, 9.17) is 9.16 Å². The van der Waals surface area contributed by atoms with Gasteiger partial charge in [0, 0.05) is 17.1 Å². The van der Waals surface area contributed by atoms with Gasteiger partial charge in [0.1, 0.15) is 12.4 Å². The van der Waals surface area contributed by atoms with E-state index < -0.39 is 8.32 Å². The number of rotatable bonds is 7. The summed E-state index contributed by atoms with van der Waals surface area (Å²) in [5.74, 6) is 0.859. The van der Waals surface area contributed by atoms with E-state index in [0.717, 1.165) is 39.2 Å². The highest BCUT2D eigenvalue weighted by molar-refractivity contribution is 6.74. The molecular formula is C27H32N2O2Si. The van der Waals surface area contributed by atoms with Crippen LogP contribution in [0.4, 0.5) is 0 Å². The second-order valence-electron chi connectivity index (χ2n) is 9.81. The lowest BCUT2D eigenvalue weighted by molar-refractivity contribution is 0.276. The van der Waals surface area contributed by atoms with Gasteiger partial charge in [-0.3, -0.25) is 4.98 Å². The van der Waals surface area contributed by atoms with Crippen molar-refractivity contribution in [2.75, 3.05) is 0 Å². The third-order valence-electron chi connectivity index (χ3n) is 6.35. The molecule has 0 spiro atoms. The third-order valence-corrected chi connectivity index (χ3v) is 10.8. The molecule has 0 saturated heterocycles. The Hall–Kier alpha value is -2.89. The summed E-state index contributed by atoms with van der Waals surface area (Å²) in [5.41, 5.74) is 5.25. The molecule has 1 N–H and O–H groups in total. The Labute approximate surface area is 191 Å². The molecule has 0 unspecified atom stereocenters. The molecule has 166 valence electrons. The average Bonchev–Trinajstić information content (AvgIpc) is 3.20. The normalized spacial score (nSPS) is 12.3. The summed E-state index contributed by atoms with van der Waals surface area (Å²) in [6.07, 6.45) is 1.92. The first-order chi connectivity index (χ1) is 15.2. The van der Waals surface area contributed by atoms with Crippen LogP contribution in [0.1, 0.15) is 31.9 Å². The van der Waals surface area contributed by atoms with E-state index >= 15 is 0 Å². The first-order valence-corrected chi connectivity index (χ1v) is 14.0. The first-order valence-electron chi connectivity index (χ1n) is 11.1. The van der Waals surface area contributed by atoms with Crippen LogP contribution in [0.15, 0.2) is 72.9 Å². The molecule has 0 radical (unpaired) electrons. The molecule has 0 amide bonds. The first kappa shape index (κ1) is 22.3. The molecule has 0 aliphatic carbocycles. The zero-order valence-corrected chi connectivity index (χ0v) is 20.6. The third kappa shape index (κ3) is 5.11. The fraction of sp³-hybridized carbons (Fsp3) is 0.296. The quantitative estimate of drug-likeness (QED) is 0.304. The number of hydrogen-bond acceptors (Lipinski definition) is 3. The molecule has 32 heavy (non-hydrogen) atoms. The number of nitrogens with one attached hydrogen (secondary N) is 1. The number of ether oxygens (including phenoxy) is 1. The molecule has 4 nitrogen and oxygen atoms in total. The van der Waals surface area contributed by atoms with Gasteiger partial charge in [-0.05, 0) is 59.6 Å². The fourth-order valence-electron chi connectivity index (χ4n) is 3.23. The minimum Gasteiger partial charge on any atom is -0.489 e. The topological polar surface area (TPSA) is 47.1 Å². The van der Waals surface area contributed by atoms with Crippen molar-refractivity contribution in [3.05, 3.63) is 84.1 Å². The Morgan fingerprint density at radius 3 is 2.34 bits per heavy atom. The average molecular weight is 445 g/mol. The van der Waals surface area contributed by atoms with Crippen LogP contribution < -0.4 is 4.74 Å². The van der Waals surface area contributed by atoms with Crippen molar-refractivity contribution in [3.8, 4) is 17.1 Å². The van der Waals surface area contributed by atoms with E-state index in [2.05, 4.69) is 86.3 Å². The summed E-state index contributed by atoms with van der Waals surface area (Å²) < 4.78 is 12.3. The molecule has 5 heteroatoms. The van der Waals surface area contributed by atoms with Crippen LogP contribution in [0.25, 0.3) is 22.3 Å². The zero-order valence-electron chi connectivity index (χ0n) is 19.6. The summed E-state index contributed by atoms with van der Waals surface area (Å²) >= 11 is 0. The van der Waals surface area contributed by atoms with Gasteiger partial charge in [0.05, 0.1) is 18.0 Å². The van der Waals surface area contributed by atoms with Crippen LogP contribution in [0.3, 0.4) is 0 Å². The molecule has 2 aromatic carbocycles. The zero-order chi connectivity index (χ0) is 22.8. The summed E-state index contributed by atoms with van der Waals surface area (Å²) in [7, 11) is -1.77. The molecule has 0 saturated carbocycles. The van der Waals surface area contributed by atoms with Gasteiger partial charge in [0.15, 0.2) is 8.32 Å². The maximum atomic E-state index is 6.32. The van der Waals surface area contributed by atoms with Gasteiger partial charge in [-0.25, -0.2) is 0 Å². The summed E-state index contributed by atoms with van der Waals surface area (Å²) in [6.45, 7) is 12.5. The van der Waals surface area contributed by atoms with Crippen LogP contribution in [0, 0.1) is 0 Å². The molecule has 0 atom stereocenters. The highest BCUT2D eigenvalue weighted by atomic mass is 28.4. The van der Waals surface area contributed by atoms with Gasteiger partial charge in [-0.2, -0.15) is 0 Å². The molecular weight excluding hydrogens is 412 g/mol. The number of aromatic nitrogens is 2. The number of H-pyrrole nitrogens is 1. The van der Waals surface area contributed by atoms with Gasteiger partial charge < -0.3 is 14.1 Å². The summed E-state index contributed by atoms with van der Waals surface area (Å²) in [5, 5.41) is 1.31.